The number of aryl methyl sites for hydroxylation is 1. The monoisotopic (exact) mass is 159 g/mol. The van der Waals surface area contributed by atoms with Crippen molar-refractivity contribution in [1.29, 1.82) is 0 Å². The van der Waals surface area contributed by atoms with Gasteiger partial charge in [0, 0.05) is 18.8 Å². The van der Waals surface area contributed by atoms with Crippen LogP contribution < -0.4 is 4.90 Å². The van der Waals surface area contributed by atoms with Crippen molar-refractivity contribution >= 4 is 5.69 Å². The van der Waals surface area contributed by atoms with Gasteiger partial charge in [-0.15, -0.1) is 0 Å². The van der Waals surface area contributed by atoms with Gasteiger partial charge in [-0.05, 0) is 30.9 Å². The predicted octanol–water partition coefficient (Wildman–Crippen LogP) is 1.91. The van der Waals surface area contributed by atoms with Gasteiger partial charge in [0.15, 0.2) is 0 Å². The summed E-state index contributed by atoms with van der Waals surface area (Å²) in [7, 11) is 0. The molecule has 12 heavy (non-hydrogen) atoms. The lowest BCUT2D eigenvalue weighted by Crippen LogP contribution is -2.17. The van der Waals surface area contributed by atoms with Gasteiger partial charge in [0.05, 0.1) is 0 Å². The first-order chi connectivity index (χ1) is 5.84. The Hall–Kier alpha value is -0.980. The maximum absolute atomic E-state index is 2.53. The number of hydrogen-bond donors (Lipinski definition) is 0. The molecular formula is C11H13N. The lowest BCUT2D eigenvalue weighted by atomic mass is 10.0. The highest BCUT2D eigenvalue weighted by Crippen LogP contribution is 2.37. The summed E-state index contributed by atoms with van der Waals surface area (Å²) in [4.78, 5) is 2.53. The first kappa shape index (κ1) is 6.53. The predicted molar refractivity (Wildman–Crippen MR) is 50.8 cm³/mol. The van der Waals surface area contributed by atoms with Crippen molar-refractivity contribution < 1.29 is 0 Å². The van der Waals surface area contributed by atoms with Gasteiger partial charge in [-0.25, -0.2) is 0 Å². The first-order valence-electron chi connectivity index (χ1n) is 4.72. The zero-order chi connectivity index (χ0) is 8.13. The molecule has 0 aliphatic carbocycles. The summed E-state index contributed by atoms with van der Waals surface area (Å²) >= 11 is 0. The van der Waals surface area contributed by atoms with Crippen LogP contribution in [0.2, 0.25) is 0 Å². The molecule has 0 radical (unpaired) electrons. The van der Waals surface area contributed by atoms with Crippen molar-refractivity contribution in [1.82, 2.24) is 0 Å². The molecule has 0 atom stereocenters. The summed E-state index contributed by atoms with van der Waals surface area (Å²) in [5.41, 5.74) is 6.18. The van der Waals surface area contributed by atoms with E-state index in [1.165, 1.54) is 31.5 Å². The van der Waals surface area contributed by atoms with Crippen molar-refractivity contribution in [2.24, 2.45) is 0 Å². The molecule has 0 aromatic heterocycles. The van der Waals surface area contributed by atoms with Crippen molar-refractivity contribution in [2.75, 3.05) is 18.0 Å². The molecule has 3 rings (SSSR count). The minimum absolute atomic E-state index is 1.26. The smallest absolute Gasteiger partial charge is 0.0433 e. The van der Waals surface area contributed by atoms with Crippen LogP contribution in [0, 0.1) is 6.92 Å². The summed E-state index contributed by atoms with van der Waals surface area (Å²) in [5, 5.41) is 0. The van der Waals surface area contributed by atoms with Crippen LogP contribution in [0.5, 0.6) is 0 Å². The quantitative estimate of drug-likeness (QED) is 0.559. The van der Waals surface area contributed by atoms with Gasteiger partial charge in [-0.2, -0.15) is 0 Å². The average Bonchev–Trinajstić information content (AvgIpc) is 2.59. The Morgan fingerprint density at radius 3 is 2.25 bits per heavy atom. The molecule has 0 fully saturated rings. The third-order valence-corrected chi connectivity index (χ3v) is 3.03. The summed E-state index contributed by atoms with van der Waals surface area (Å²) < 4.78 is 0. The van der Waals surface area contributed by atoms with E-state index in [1.54, 1.807) is 16.8 Å². The molecule has 2 heterocycles. The van der Waals surface area contributed by atoms with E-state index >= 15 is 0 Å². The average molecular weight is 159 g/mol. The molecule has 0 spiro atoms. The van der Waals surface area contributed by atoms with E-state index in [1.807, 2.05) is 0 Å². The zero-order valence-corrected chi connectivity index (χ0v) is 7.43. The van der Waals surface area contributed by atoms with Crippen molar-refractivity contribution in [2.45, 2.75) is 19.8 Å². The van der Waals surface area contributed by atoms with Crippen molar-refractivity contribution in [3.05, 3.63) is 28.8 Å². The second-order valence-corrected chi connectivity index (χ2v) is 3.92. The largest absolute Gasteiger partial charge is 0.370 e. The molecule has 1 aromatic carbocycles. The van der Waals surface area contributed by atoms with Gasteiger partial charge in [0.25, 0.3) is 0 Å². The normalized spacial score (nSPS) is 18.6. The van der Waals surface area contributed by atoms with E-state index in [4.69, 9.17) is 0 Å². The molecule has 0 N–H and O–H groups in total. The van der Waals surface area contributed by atoms with Crippen molar-refractivity contribution in [3.63, 3.8) is 0 Å². The van der Waals surface area contributed by atoms with Gasteiger partial charge < -0.3 is 4.90 Å². The number of anilines is 1. The second-order valence-electron chi connectivity index (χ2n) is 3.92. The Balaban J connectivity index is 2.29. The van der Waals surface area contributed by atoms with Gasteiger partial charge in [-0.1, -0.05) is 17.7 Å². The minimum Gasteiger partial charge on any atom is -0.370 e. The van der Waals surface area contributed by atoms with Gasteiger partial charge in [-0.3, -0.25) is 0 Å². The van der Waals surface area contributed by atoms with E-state index in [9.17, 15) is 0 Å². The Bertz CT molecular complexity index is 312. The molecule has 1 aromatic rings. The summed E-state index contributed by atoms with van der Waals surface area (Å²) in [6, 6.07) is 4.70. The van der Waals surface area contributed by atoms with Crippen LogP contribution in [-0.4, -0.2) is 13.1 Å². The molecule has 2 aliphatic heterocycles. The minimum atomic E-state index is 1.26. The van der Waals surface area contributed by atoms with Crippen molar-refractivity contribution in [3.8, 4) is 0 Å². The Labute approximate surface area is 73.0 Å². The molecule has 0 saturated heterocycles. The Kier molecular flexibility index (Phi) is 1.11. The standard InChI is InChI=1S/C11H13N/c1-8-6-9-2-4-12-5-3-10(7-8)11(9)12/h6-7H,2-5H2,1H3. The lowest BCUT2D eigenvalue weighted by Gasteiger charge is -2.10. The third kappa shape index (κ3) is 0.689. The number of rotatable bonds is 0. The number of benzene rings is 1. The highest BCUT2D eigenvalue weighted by atomic mass is 15.2. The molecule has 2 aliphatic rings. The molecule has 0 unspecified atom stereocenters. The van der Waals surface area contributed by atoms with Crippen LogP contribution in [-0.2, 0) is 12.8 Å². The van der Waals surface area contributed by atoms with E-state index in [0.29, 0.717) is 0 Å². The second kappa shape index (κ2) is 2.03. The van der Waals surface area contributed by atoms with Crippen LogP contribution in [0.25, 0.3) is 0 Å². The topological polar surface area (TPSA) is 3.24 Å². The lowest BCUT2D eigenvalue weighted by molar-refractivity contribution is 0.855. The van der Waals surface area contributed by atoms with Crippen LogP contribution >= 0.6 is 0 Å². The summed E-state index contributed by atoms with van der Waals surface area (Å²) in [5.74, 6) is 0. The molecule has 0 amide bonds. The van der Waals surface area contributed by atoms with E-state index < -0.39 is 0 Å². The fourth-order valence-corrected chi connectivity index (χ4v) is 2.57. The molecule has 0 saturated carbocycles. The van der Waals surface area contributed by atoms with Crippen LogP contribution in [0.15, 0.2) is 12.1 Å². The molecule has 1 heteroatoms. The van der Waals surface area contributed by atoms with E-state index in [-0.39, 0.29) is 0 Å². The highest BCUT2D eigenvalue weighted by Gasteiger charge is 2.26. The molecule has 0 bridgehead atoms. The summed E-state index contributed by atoms with van der Waals surface area (Å²) in [6.45, 7) is 4.72. The van der Waals surface area contributed by atoms with E-state index in [2.05, 4.69) is 24.0 Å². The molecular weight excluding hydrogens is 146 g/mol. The number of nitrogens with zero attached hydrogens (tertiary/aromatic N) is 1. The SMILES string of the molecule is Cc1cc2c3c(c1)CCN3CC2. The Morgan fingerprint density at radius 2 is 1.67 bits per heavy atom. The summed E-state index contributed by atoms with van der Waals surface area (Å²) in [6.07, 6.45) is 2.54. The van der Waals surface area contributed by atoms with E-state index in [0.717, 1.165) is 0 Å². The number of hydrogen-bond acceptors (Lipinski definition) is 1. The van der Waals surface area contributed by atoms with Crippen LogP contribution in [0.3, 0.4) is 0 Å². The fourth-order valence-electron chi connectivity index (χ4n) is 2.57. The zero-order valence-electron chi connectivity index (χ0n) is 7.43. The van der Waals surface area contributed by atoms with Gasteiger partial charge >= 0.3 is 0 Å². The molecule has 1 nitrogen and oxygen atoms in total. The van der Waals surface area contributed by atoms with Crippen LogP contribution in [0.4, 0.5) is 5.69 Å². The third-order valence-electron chi connectivity index (χ3n) is 3.03. The van der Waals surface area contributed by atoms with Crippen LogP contribution in [0.1, 0.15) is 16.7 Å². The first-order valence-corrected chi connectivity index (χ1v) is 4.72. The maximum atomic E-state index is 2.53. The highest BCUT2D eigenvalue weighted by molar-refractivity contribution is 5.67. The Morgan fingerprint density at radius 1 is 1.08 bits per heavy atom. The maximum Gasteiger partial charge on any atom is 0.0433 e. The van der Waals surface area contributed by atoms with Gasteiger partial charge in [0.2, 0.25) is 0 Å². The van der Waals surface area contributed by atoms with Gasteiger partial charge in [0.1, 0.15) is 0 Å². The fraction of sp³-hybridized carbons (Fsp3) is 0.455. The molecule has 62 valence electrons.